The van der Waals surface area contributed by atoms with Gasteiger partial charge in [0.1, 0.15) is 0 Å². The molecule has 0 aromatic rings. The van der Waals surface area contributed by atoms with E-state index in [4.69, 9.17) is 10.8 Å². The number of hydrazine groups is 1. The summed E-state index contributed by atoms with van der Waals surface area (Å²) in [5, 5.41) is 1.86. The molecule has 4 nitrogen and oxygen atoms in total. The number of ketones is 1. The normalized spacial score (nSPS) is 25.1. The van der Waals surface area contributed by atoms with Crippen LogP contribution in [0, 0.1) is 5.92 Å². The van der Waals surface area contributed by atoms with E-state index >= 15 is 0 Å². The lowest BCUT2D eigenvalue weighted by Crippen LogP contribution is -2.50. The molecule has 2 aliphatic carbocycles. The van der Waals surface area contributed by atoms with E-state index < -0.39 is 0 Å². The zero-order chi connectivity index (χ0) is 16.3. The molecular formula is C18H29N3O. The molecule has 2 unspecified atom stereocenters. The molecule has 0 aromatic heterocycles. The van der Waals surface area contributed by atoms with Crippen molar-refractivity contribution in [3.8, 4) is 0 Å². The molecule has 0 bridgehead atoms. The van der Waals surface area contributed by atoms with Crippen molar-refractivity contribution in [3.63, 3.8) is 0 Å². The molecular weight excluding hydrogens is 274 g/mol. The Bertz CT molecular complexity index is 502. The molecule has 1 saturated carbocycles. The fourth-order valence-electron chi connectivity index (χ4n) is 2.95. The van der Waals surface area contributed by atoms with Crippen LogP contribution in [0.2, 0.25) is 0 Å². The molecule has 0 saturated heterocycles. The third kappa shape index (κ3) is 4.14. The van der Waals surface area contributed by atoms with Crippen LogP contribution in [-0.2, 0) is 4.79 Å². The molecule has 122 valence electrons. The predicted octanol–water partition coefficient (Wildman–Crippen LogP) is 3.04. The Morgan fingerprint density at radius 3 is 2.68 bits per heavy atom. The van der Waals surface area contributed by atoms with Gasteiger partial charge in [0, 0.05) is 17.8 Å². The van der Waals surface area contributed by atoms with Crippen molar-refractivity contribution in [2.24, 2.45) is 16.8 Å². The van der Waals surface area contributed by atoms with Gasteiger partial charge in [-0.25, -0.2) is 5.01 Å². The highest BCUT2D eigenvalue weighted by atomic mass is 16.1. The molecule has 3 atom stereocenters. The molecule has 0 spiro atoms. The van der Waals surface area contributed by atoms with Gasteiger partial charge in [-0.1, -0.05) is 25.2 Å². The highest BCUT2D eigenvalue weighted by Crippen LogP contribution is 2.32. The summed E-state index contributed by atoms with van der Waals surface area (Å²) in [6, 6.07) is 0.379. The monoisotopic (exact) mass is 303 g/mol. The predicted molar refractivity (Wildman–Crippen MR) is 91.7 cm³/mol. The van der Waals surface area contributed by atoms with Crippen molar-refractivity contribution in [1.82, 2.24) is 5.01 Å². The van der Waals surface area contributed by atoms with Gasteiger partial charge in [-0.2, -0.15) is 0 Å². The Hall–Kier alpha value is -1.26. The molecule has 22 heavy (non-hydrogen) atoms. The second-order valence-electron chi connectivity index (χ2n) is 6.58. The minimum atomic E-state index is 0.0718. The molecule has 2 N–H and O–H groups in total. The van der Waals surface area contributed by atoms with Crippen molar-refractivity contribution < 1.29 is 4.79 Å². The first-order valence-corrected chi connectivity index (χ1v) is 8.41. The standard InChI is InChI=1S/C18H29N3O/c1-5-18(15-9-10-15)20-12(2)13(3)21(19)17-8-6-7-16(11-17)14(4)22/h6-8,12-13,15,17H,5,9-11,19H2,1-4H3/b20-18+/t12?,13-,17?/m1/s1. The van der Waals surface area contributed by atoms with Crippen LogP contribution in [-0.4, -0.2) is 34.6 Å². The summed E-state index contributed by atoms with van der Waals surface area (Å²) in [7, 11) is 0. The van der Waals surface area contributed by atoms with E-state index in [0.29, 0.717) is 12.3 Å². The number of hydrogen-bond acceptors (Lipinski definition) is 4. The van der Waals surface area contributed by atoms with E-state index in [1.54, 1.807) is 6.92 Å². The average Bonchev–Trinajstić information content (AvgIpc) is 3.35. The van der Waals surface area contributed by atoms with Gasteiger partial charge in [-0.3, -0.25) is 15.6 Å². The number of Topliss-reactive ketones (excluding diaryl/α,β-unsaturated/α-hetero) is 1. The van der Waals surface area contributed by atoms with Crippen LogP contribution in [0.3, 0.4) is 0 Å². The molecule has 0 aliphatic heterocycles. The Morgan fingerprint density at radius 2 is 2.14 bits per heavy atom. The molecule has 0 heterocycles. The van der Waals surface area contributed by atoms with Crippen molar-refractivity contribution in [3.05, 3.63) is 23.8 Å². The molecule has 0 aromatic carbocycles. The number of allylic oxidation sites excluding steroid dienone is 2. The first kappa shape index (κ1) is 17.1. The summed E-state index contributed by atoms with van der Waals surface area (Å²) in [4.78, 5) is 16.5. The van der Waals surface area contributed by atoms with E-state index in [2.05, 4.69) is 26.8 Å². The second kappa shape index (κ2) is 7.34. The van der Waals surface area contributed by atoms with Gasteiger partial charge < -0.3 is 0 Å². The summed E-state index contributed by atoms with van der Waals surface area (Å²) in [5.41, 5.74) is 2.19. The minimum absolute atomic E-state index is 0.0718. The maximum atomic E-state index is 11.6. The van der Waals surface area contributed by atoms with E-state index in [-0.39, 0.29) is 23.9 Å². The van der Waals surface area contributed by atoms with Gasteiger partial charge in [0.2, 0.25) is 0 Å². The Labute approximate surface area is 134 Å². The third-order valence-corrected chi connectivity index (χ3v) is 4.84. The zero-order valence-electron chi connectivity index (χ0n) is 14.2. The fourth-order valence-corrected chi connectivity index (χ4v) is 2.95. The Morgan fingerprint density at radius 1 is 1.45 bits per heavy atom. The lowest BCUT2D eigenvalue weighted by Gasteiger charge is -2.34. The van der Waals surface area contributed by atoms with E-state index in [1.807, 2.05) is 17.2 Å². The van der Waals surface area contributed by atoms with E-state index in [1.165, 1.54) is 18.6 Å². The number of hydrogen-bond donors (Lipinski definition) is 1. The maximum absolute atomic E-state index is 11.6. The van der Waals surface area contributed by atoms with Crippen LogP contribution >= 0.6 is 0 Å². The SMILES string of the molecule is CC/C(=N\C(C)[C@@H](C)N(N)C1C=CC=C(C(C)=O)C1)C1CC1. The smallest absolute Gasteiger partial charge is 0.155 e. The summed E-state index contributed by atoms with van der Waals surface area (Å²) in [5.74, 6) is 7.18. The quantitative estimate of drug-likeness (QED) is 0.447. The minimum Gasteiger partial charge on any atom is -0.295 e. The molecule has 2 aliphatic rings. The van der Waals surface area contributed by atoms with Crippen molar-refractivity contribution in [2.45, 2.75) is 71.5 Å². The van der Waals surface area contributed by atoms with Crippen LogP contribution in [0.25, 0.3) is 0 Å². The van der Waals surface area contributed by atoms with Crippen molar-refractivity contribution in [2.75, 3.05) is 0 Å². The summed E-state index contributed by atoms with van der Waals surface area (Å²) < 4.78 is 0. The highest BCUT2D eigenvalue weighted by molar-refractivity contribution is 5.93. The van der Waals surface area contributed by atoms with Gasteiger partial charge in [-0.15, -0.1) is 0 Å². The van der Waals surface area contributed by atoms with Crippen molar-refractivity contribution >= 4 is 11.5 Å². The molecule has 1 fully saturated rings. The van der Waals surface area contributed by atoms with Gasteiger partial charge in [-0.05, 0) is 57.9 Å². The number of nitrogens with zero attached hydrogens (tertiary/aromatic N) is 2. The lowest BCUT2D eigenvalue weighted by molar-refractivity contribution is -0.113. The lowest BCUT2D eigenvalue weighted by atomic mass is 9.96. The number of carbonyl (C=O) groups is 1. The van der Waals surface area contributed by atoms with Crippen LogP contribution in [0.15, 0.2) is 28.8 Å². The number of carbonyl (C=O) groups excluding carboxylic acids is 1. The largest absolute Gasteiger partial charge is 0.295 e. The number of aliphatic imine (C=N–C) groups is 1. The molecule has 4 heteroatoms. The topological polar surface area (TPSA) is 58.7 Å². The maximum Gasteiger partial charge on any atom is 0.155 e. The Kier molecular flexibility index (Phi) is 5.70. The van der Waals surface area contributed by atoms with Crippen molar-refractivity contribution in [1.29, 1.82) is 0 Å². The molecule has 0 radical (unpaired) electrons. The van der Waals surface area contributed by atoms with Crippen LogP contribution in [0.4, 0.5) is 0 Å². The first-order chi connectivity index (χ1) is 10.4. The van der Waals surface area contributed by atoms with E-state index in [9.17, 15) is 4.79 Å². The average molecular weight is 303 g/mol. The van der Waals surface area contributed by atoms with Gasteiger partial charge in [0.25, 0.3) is 0 Å². The molecule has 2 rings (SSSR count). The highest BCUT2D eigenvalue weighted by Gasteiger charge is 2.29. The van der Waals surface area contributed by atoms with Gasteiger partial charge >= 0.3 is 0 Å². The number of rotatable bonds is 7. The Balaban J connectivity index is 1.99. The van der Waals surface area contributed by atoms with Crippen LogP contribution in [0.5, 0.6) is 0 Å². The zero-order valence-corrected chi connectivity index (χ0v) is 14.2. The third-order valence-electron chi connectivity index (χ3n) is 4.84. The second-order valence-corrected chi connectivity index (χ2v) is 6.58. The first-order valence-electron chi connectivity index (χ1n) is 8.41. The van der Waals surface area contributed by atoms with Crippen LogP contribution < -0.4 is 5.84 Å². The van der Waals surface area contributed by atoms with E-state index in [0.717, 1.165) is 12.0 Å². The summed E-state index contributed by atoms with van der Waals surface area (Å²) in [6.45, 7) is 8.05. The van der Waals surface area contributed by atoms with Crippen LogP contribution in [0.1, 0.15) is 53.4 Å². The number of nitrogens with two attached hydrogens (primary N) is 1. The fraction of sp³-hybridized carbons (Fsp3) is 0.667. The van der Waals surface area contributed by atoms with Gasteiger partial charge in [0.15, 0.2) is 5.78 Å². The molecule has 0 amide bonds. The summed E-state index contributed by atoms with van der Waals surface area (Å²) >= 11 is 0. The van der Waals surface area contributed by atoms with Gasteiger partial charge in [0.05, 0.1) is 6.04 Å². The summed E-state index contributed by atoms with van der Waals surface area (Å²) in [6.07, 6.45) is 10.2.